The number of aromatic nitrogens is 2. The van der Waals surface area contributed by atoms with Crippen molar-refractivity contribution in [3.8, 4) is 0 Å². The zero-order chi connectivity index (χ0) is 17.2. The summed E-state index contributed by atoms with van der Waals surface area (Å²) in [7, 11) is 0. The fraction of sp³-hybridized carbons (Fsp3) is 0.474. The summed E-state index contributed by atoms with van der Waals surface area (Å²) in [5.74, 6) is 0.727. The van der Waals surface area contributed by atoms with Crippen molar-refractivity contribution < 1.29 is 9.53 Å². The second-order valence-electron chi connectivity index (χ2n) is 6.91. The van der Waals surface area contributed by atoms with Gasteiger partial charge in [-0.15, -0.1) is 0 Å². The molecule has 1 aliphatic carbocycles. The van der Waals surface area contributed by atoms with Crippen molar-refractivity contribution in [3.63, 3.8) is 0 Å². The van der Waals surface area contributed by atoms with E-state index < -0.39 is 0 Å². The summed E-state index contributed by atoms with van der Waals surface area (Å²) in [6.45, 7) is 3.85. The van der Waals surface area contributed by atoms with Crippen molar-refractivity contribution in [2.75, 3.05) is 25.1 Å². The molecule has 1 aliphatic heterocycles. The van der Waals surface area contributed by atoms with Gasteiger partial charge in [-0.3, -0.25) is 4.68 Å². The van der Waals surface area contributed by atoms with Gasteiger partial charge >= 0.3 is 6.03 Å². The second kappa shape index (κ2) is 6.88. The highest BCUT2D eigenvalue weighted by atomic mass is 16.5. The Balaban J connectivity index is 1.45. The minimum Gasteiger partial charge on any atom is -0.377 e. The third kappa shape index (κ3) is 3.54. The minimum atomic E-state index is -0.101. The molecule has 2 aliphatic rings. The summed E-state index contributed by atoms with van der Waals surface area (Å²) in [5.41, 5.74) is 1.84. The first-order valence-corrected chi connectivity index (χ1v) is 8.97. The molecule has 1 saturated heterocycles. The number of hydrogen-bond donors (Lipinski definition) is 1. The Bertz CT molecular complexity index is 726. The predicted molar refractivity (Wildman–Crippen MR) is 95.4 cm³/mol. The third-order valence-corrected chi connectivity index (χ3v) is 5.15. The summed E-state index contributed by atoms with van der Waals surface area (Å²) in [4.78, 5) is 14.6. The number of benzene rings is 1. The highest BCUT2D eigenvalue weighted by Crippen LogP contribution is 2.39. The zero-order valence-corrected chi connectivity index (χ0v) is 14.5. The molecule has 2 aromatic rings. The molecule has 132 valence electrons. The number of morpholine rings is 1. The summed E-state index contributed by atoms with van der Waals surface area (Å²) in [6.07, 6.45) is 6.21. The van der Waals surface area contributed by atoms with Crippen molar-refractivity contribution in [2.45, 2.75) is 31.8 Å². The molecule has 6 heteroatoms. The van der Waals surface area contributed by atoms with Crippen molar-refractivity contribution in [3.05, 3.63) is 48.3 Å². The Hall–Kier alpha value is -2.34. The van der Waals surface area contributed by atoms with Crippen LogP contribution in [-0.4, -0.2) is 40.5 Å². The molecule has 0 bridgehead atoms. The van der Waals surface area contributed by atoms with Gasteiger partial charge < -0.3 is 15.0 Å². The molecule has 25 heavy (non-hydrogen) atoms. The fourth-order valence-corrected chi connectivity index (χ4v) is 3.41. The minimum absolute atomic E-state index is 0.0598. The molecule has 1 N–H and O–H groups in total. The van der Waals surface area contributed by atoms with Crippen LogP contribution < -0.4 is 5.32 Å². The van der Waals surface area contributed by atoms with Crippen LogP contribution in [0.15, 0.2) is 42.7 Å². The topological polar surface area (TPSA) is 59.4 Å². The Morgan fingerprint density at radius 1 is 1.32 bits per heavy atom. The van der Waals surface area contributed by atoms with E-state index in [2.05, 4.69) is 17.3 Å². The lowest BCUT2D eigenvalue weighted by molar-refractivity contribution is 0.0148. The zero-order valence-electron chi connectivity index (χ0n) is 14.5. The van der Waals surface area contributed by atoms with Gasteiger partial charge in [0, 0.05) is 12.7 Å². The van der Waals surface area contributed by atoms with E-state index >= 15 is 0 Å². The maximum Gasteiger partial charge on any atom is 0.322 e. The Labute approximate surface area is 147 Å². The molecule has 1 aromatic heterocycles. The number of amides is 2. The van der Waals surface area contributed by atoms with E-state index in [4.69, 9.17) is 4.74 Å². The molecule has 2 fully saturated rings. The van der Waals surface area contributed by atoms with Crippen LogP contribution >= 0.6 is 0 Å². The van der Waals surface area contributed by atoms with Gasteiger partial charge in [-0.2, -0.15) is 5.10 Å². The molecular formula is C19H24N4O2. The van der Waals surface area contributed by atoms with E-state index in [0.29, 0.717) is 25.8 Å². The Morgan fingerprint density at radius 2 is 2.12 bits per heavy atom. The monoisotopic (exact) mass is 340 g/mol. The number of carbonyl (C=O) groups excluding carboxylic acids is 1. The Kier molecular flexibility index (Phi) is 4.44. The van der Waals surface area contributed by atoms with E-state index in [1.807, 2.05) is 46.1 Å². The average molecular weight is 340 g/mol. The van der Waals surface area contributed by atoms with Gasteiger partial charge in [-0.25, -0.2) is 4.79 Å². The summed E-state index contributed by atoms with van der Waals surface area (Å²) in [5, 5.41) is 7.41. The maximum absolute atomic E-state index is 12.8. The lowest BCUT2D eigenvalue weighted by Gasteiger charge is -2.35. The van der Waals surface area contributed by atoms with Crippen molar-refractivity contribution in [1.29, 1.82) is 0 Å². The lowest BCUT2D eigenvalue weighted by atomic mass is 10.1. The van der Waals surface area contributed by atoms with Gasteiger partial charge in [0.2, 0.25) is 0 Å². The Morgan fingerprint density at radius 3 is 2.88 bits per heavy atom. The van der Waals surface area contributed by atoms with Crippen molar-refractivity contribution >= 4 is 11.7 Å². The van der Waals surface area contributed by atoms with E-state index in [9.17, 15) is 4.79 Å². The van der Waals surface area contributed by atoms with Gasteiger partial charge in [0.25, 0.3) is 0 Å². The normalized spacial score (nSPS) is 21.8. The van der Waals surface area contributed by atoms with Crippen LogP contribution in [0.25, 0.3) is 0 Å². The second-order valence-corrected chi connectivity index (χ2v) is 6.91. The van der Waals surface area contributed by atoms with Crippen LogP contribution in [0.3, 0.4) is 0 Å². The van der Waals surface area contributed by atoms with Crippen molar-refractivity contribution in [2.24, 2.45) is 5.92 Å². The fourth-order valence-electron chi connectivity index (χ4n) is 3.41. The van der Waals surface area contributed by atoms with E-state index in [-0.39, 0.29) is 12.1 Å². The van der Waals surface area contributed by atoms with Gasteiger partial charge in [-0.05, 0) is 31.2 Å². The van der Waals surface area contributed by atoms with E-state index in [1.54, 1.807) is 6.20 Å². The van der Waals surface area contributed by atoms with Gasteiger partial charge in [0.15, 0.2) is 0 Å². The number of carbonyl (C=O) groups is 1. The highest BCUT2D eigenvalue weighted by Gasteiger charge is 2.31. The number of nitrogens with zero attached hydrogens (tertiary/aromatic N) is 3. The quantitative estimate of drug-likeness (QED) is 0.927. The molecular weight excluding hydrogens is 316 g/mol. The number of urea groups is 1. The van der Waals surface area contributed by atoms with Gasteiger partial charge in [0.1, 0.15) is 0 Å². The molecule has 1 saturated carbocycles. The van der Waals surface area contributed by atoms with Crippen LogP contribution in [0.2, 0.25) is 0 Å². The van der Waals surface area contributed by atoms with E-state index in [0.717, 1.165) is 17.2 Å². The number of ether oxygens (including phenoxy) is 1. The molecule has 2 amide bonds. The molecule has 6 nitrogen and oxygen atoms in total. The third-order valence-electron chi connectivity index (χ3n) is 5.15. The maximum atomic E-state index is 12.8. The van der Waals surface area contributed by atoms with Crippen LogP contribution in [0.1, 0.15) is 37.4 Å². The SMILES string of the molecule is CC(C1CC1)n1cc(NC(=O)N2CCOCC2c2ccccc2)cn1. The first-order chi connectivity index (χ1) is 12.2. The van der Waals surface area contributed by atoms with Crippen molar-refractivity contribution in [1.82, 2.24) is 14.7 Å². The average Bonchev–Trinajstić information content (AvgIpc) is 3.41. The number of hydrogen-bond acceptors (Lipinski definition) is 3. The summed E-state index contributed by atoms with van der Waals surface area (Å²) < 4.78 is 7.56. The lowest BCUT2D eigenvalue weighted by Crippen LogP contribution is -2.45. The van der Waals surface area contributed by atoms with Crippen LogP contribution in [0.4, 0.5) is 10.5 Å². The first kappa shape index (κ1) is 16.1. The summed E-state index contributed by atoms with van der Waals surface area (Å²) >= 11 is 0. The van der Waals surface area contributed by atoms with E-state index in [1.165, 1.54) is 12.8 Å². The van der Waals surface area contributed by atoms with Crippen LogP contribution in [-0.2, 0) is 4.74 Å². The van der Waals surface area contributed by atoms with Gasteiger partial charge in [-0.1, -0.05) is 30.3 Å². The molecule has 0 spiro atoms. The molecule has 0 radical (unpaired) electrons. The number of nitrogens with one attached hydrogen (secondary N) is 1. The molecule has 1 aromatic carbocycles. The molecule has 4 rings (SSSR count). The van der Waals surface area contributed by atoms with Crippen LogP contribution in [0, 0.1) is 5.92 Å². The predicted octanol–water partition coefficient (Wildman–Crippen LogP) is 3.46. The molecule has 2 heterocycles. The molecule has 2 unspecified atom stereocenters. The number of anilines is 1. The smallest absolute Gasteiger partial charge is 0.322 e. The van der Waals surface area contributed by atoms with Crippen LogP contribution in [0.5, 0.6) is 0 Å². The molecule has 2 atom stereocenters. The van der Waals surface area contributed by atoms with Gasteiger partial charge in [0.05, 0.1) is 37.2 Å². The first-order valence-electron chi connectivity index (χ1n) is 8.97. The number of rotatable bonds is 4. The largest absolute Gasteiger partial charge is 0.377 e. The highest BCUT2D eigenvalue weighted by molar-refractivity contribution is 5.89. The summed E-state index contributed by atoms with van der Waals surface area (Å²) in [6, 6.07) is 10.3. The standard InChI is InChI=1S/C19H24N4O2/c1-14(15-7-8-15)23-12-17(11-20-23)21-19(24)22-9-10-25-13-18(22)16-5-3-2-4-6-16/h2-6,11-12,14-15,18H,7-10,13H2,1H3,(H,21,24).